The Balaban J connectivity index is 1.87. The lowest BCUT2D eigenvalue weighted by Crippen LogP contribution is -2.26. The lowest BCUT2D eigenvalue weighted by molar-refractivity contribution is 0.780. The van der Waals surface area contributed by atoms with Crippen LogP contribution >= 0.6 is 0 Å². The quantitative estimate of drug-likeness (QED) is 0.892. The van der Waals surface area contributed by atoms with E-state index in [1.54, 1.807) is 0 Å². The average Bonchev–Trinajstić information content (AvgIpc) is 3.23. The van der Waals surface area contributed by atoms with Gasteiger partial charge in [0.15, 0.2) is 5.82 Å². The van der Waals surface area contributed by atoms with Crippen molar-refractivity contribution in [2.24, 2.45) is 0 Å². The molecule has 0 unspecified atom stereocenters. The van der Waals surface area contributed by atoms with Gasteiger partial charge in [-0.15, -0.1) is 0 Å². The maximum Gasteiger partial charge on any atom is 0.152 e. The van der Waals surface area contributed by atoms with E-state index in [9.17, 15) is 0 Å². The SMILES string of the molecule is Nc1cccnc1N(Cc1ccccc1)C1CC1. The third-order valence-electron chi connectivity index (χ3n) is 3.27. The number of rotatable bonds is 4. The smallest absolute Gasteiger partial charge is 0.152 e. The van der Waals surface area contributed by atoms with Crippen LogP contribution in [0.4, 0.5) is 11.5 Å². The molecule has 0 amide bonds. The van der Waals surface area contributed by atoms with Crippen molar-refractivity contribution in [2.75, 3.05) is 10.6 Å². The molecule has 18 heavy (non-hydrogen) atoms. The summed E-state index contributed by atoms with van der Waals surface area (Å²) in [6, 6.07) is 14.9. The predicted molar refractivity (Wildman–Crippen MR) is 74.3 cm³/mol. The van der Waals surface area contributed by atoms with Crippen molar-refractivity contribution in [2.45, 2.75) is 25.4 Å². The standard InChI is InChI=1S/C15H17N3/c16-14-7-4-10-17-15(14)18(13-8-9-13)11-12-5-2-1-3-6-12/h1-7,10,13H,8-9,11,16H2. The number of hydrogen-bond donors (Lipinski definition) is 1. The summed E-state index contributed by atoms with van der Waals surface area (Å²) in [4.78, 5) is 6.76. The molecule has 2 aromatic rings. The zero-order valence-corrected chi connectivity index (χ0v) is 10.3. The van der Waals surface area contributed by atoms with Gasteiger partial charge in [-0.25, -0.2) is 4.98 Å². The summed E-state index contributed by atoms with van der Waals surface area (Å²) in [6.45, 7) is 0.882. The molecule has 0 bridgehead atoms. The molecule has 1 aromatic carbocycles. The van der Waals surface area contributed by atoms with Gasteiger partial charge in [-0.3, -0.25) is 0 Å². The summed E-state index contributed by atoms with van der Waals surface area (Å²) in [5, 5.41) is 0. The first kappa shape index (κ1) is 11.1. The van der Waals surface area contributed by atoms with E-state index in [1.807, 2.05) is 24.4 Å². The second kappa shape index (κ2) is 4.69. The highest BCUT2D eigenvalue weighted by molar-refractivity contribution is 5.63. The summed E-state index contributed by atoms with van der Waals surface area (Å²) in [6.07, 6.45) is 4.29. The van der Waals surface area contributed by atoms with E-state index in [2.05, 4.69) is 34.1 Å². The molecule has 0 radical (unpaired) electrons. The van der Waals surface area contributed by atoms with E-state index in [0.29, 0.717) is 6.04 Å². The predicted octanol–water partition coefficient (Wildman–Crippen LogP) is 2.83. The summed E-state index contributed by atoms with van der Waals surface area (Å²) in [5.74, 6) is 0.920. The normalized spacial score (nSPS) is 14.4. The highest BCUT2D eigenvalue weighted by Gasteiger charge is 2.30. The third-order valence-corrected chi connectivity index (χ3v) is 3.27. The van der Waals surface area contributed by atoms with E-state index in [0.717, 1.165) is 18.1 Å². The van der Waals surface area contributed by atoms with Crippen molar-refractivity contribution in [3.63, 3.8) is 0 Å². The van der Waals surface area contributed by atoms with Gasteiger partial charge < -0.3 is 10.6 Å². The Kier molecular flexibility index (Phi) is 2.89. The number of nitrogen functional groups attached to an aromatic ring is 1. The zero-order valence-electron chi connectivity index (χ0n) is 10.3. The number of anilines is 2. The molecule has 3 heteroatoms. The van der Waals surface area contributed by atoms with Gasteiger partial charge in [-0.1, -0.05) is 30.3 Å². The minimum atomic E-state index is 0.599. The molecule has 1 aliphatic carbocycles. The van der Waals surface area contributed by atoms with Crippen LogP contribution in [0.5, 0.6) is 0 Å². The average molecular weight is 239 g/mol. The van der Waals surface area contributed by atoms with Crippen LogP contribution < -0.4 is 10.6 Å². The molecule has 1 aliphatic rings. The number of nitrogens with two attached hydrogens (primary N) is 1. The number of benzene rings is 1. The molecule has 1 fully saturated rings. The van der Waals surface area contributed by atoms with Crippen LogP contribution in [0, 0.1) is 0 Å². The Hall–Kier alpha value is -2.03. The Labute approximate surface area is 107 Å². The van der Waals surface area contributed by atoms with Crippen molar-refractivity contribution >= 4 is 11.5 Å². The third kappa shape index (κ3) is 2.30. The zero-order chi connectivity index (χ0) is 12.4. The van der Waals surface area contributed by atoms with Gasteiger partial charge in [-0.05, 0) is 30.5 Å². The van der Waals surface area contributed by atoms with Gasteiger partial charge in [0.05, 0.1) is 5.69 Å². The van der Waals surface area contributed by atoms with Crippen LogP contribution in [0.1, 0.15) is 18.4 Å². The van der Waals surface area contributed by atoms with E-state index in [4.69, 9.17) is 5.73 Å². The fourth-order valence-corrected chi connectivity index (χ4v) is 2.19. The van der Waals surface area contributed by atoms with Gasteiger partial charge in [0.1, 0.15) is 0 Å². The number of hydrogen-bond acceptors (Lipinski definition) is 3. The first-order chi connectivity index (χ1) is 8.84. The van der Waals surface area contributed by atoms with Gasteiger partial charge >= 0.3 is 0 Å². The van der Waals surface area contributed by atoms with Crippen LogP contribution in [-0.4, -0.2) is 11.0 Å². The summed E-state index contributed by atoms with van der Waals surface area (Å²) >= 11 is 0. The Bertz CT molecular complexity index is 520. The lowest BCUT2D eigenvalue weighted by Gasteiger charge is -2.24. The van der Waals surface area contributed by atoms with Crippen molar-refractivity contribution in [3.8, 4) is 0 Å². The molecular weight excluding hydrogens is 222 g/mol. The minimum absolute atomic E-state index is 0.599. The maximum atomic E-state index is 6.04. The minimum Gasteiger partial charge on any atom is -0.396 e. The molecule has 1 aromatic heterocycles. The van der Waals surface area contributed by atoms with E-state index in [1.165, 1.54) is 18.4 Å². The van der Waals surface area contributed by atoms with Crippen molar-refractivity contribution in [1.29, 1.82) is 0 Å². The molecule has 0 saturated heterocycles. The molecule has 0 atom stereocenters. The fourth-order valence-electron chi connectivity index (χ4n) is 2.19. The first-order valence-corrected chi connectivity index (χ1v) is 6.35. The molecule has 3 rings (SSSR count). The van der Waals surface area contributed by atoms with Crippen molar-refractivity contribution < 1.29 is 0 Å². The summed E-state index contributed by atoms with van der Waals surface area (Å²) < 4.78 is 0. The molecule has 92 valence electrons. The highest BCUT2D eigenvalue weighted by atomic mass is 15.2. The Morgan fingerprint density at radius 1 is 1.11 bits per heavy atom. The molecule has 0 aliphatic heterocycles. The van der Waals surface area contributed by atoms with Crippen LogP contribution in [0.3, 0.4) is 0 Å². The Morgan fingerprint density at radius 3 is 2.56 bits per heavy atom. The molecular formula is C15H17N3. The number of aromatic nitrogens is 1. The number of nitrogens with zero attached hydrogens (tertiary/aromatic N) is 2. The first-order valence-electron chi connectivity index (χ1n) is 6.35. The van der Waals surface area contributed by atoms with Gasteiger partial charge in [0.2, 0.25) is 0 Å². The summed E-state index contributed by atoms with van der Waals surface area (Å²) in [7, 11) is 0. The van der Waals surface area contributed by atoms with Crippen LogP contribution in [0.15, 0.2) is 48.7 Å². The summed E-state index contributed by atoms with van der Waals surface area (Å²) in [5.41, 5.74) is 8.10. The van der Waals surface area contributed by atoms with E-state index in [-0.39, 0.29) is 0 Å². The van der Waals surface area contributed by atoms with Crippen molar-refractivity contribution in [3.05, 3.63) is 54.2 Å². The highest BCUT2D eigenvalue weighted by Crippen LogP contribution is 2.34. The van der Waals surface area contributed by atoms with Crippen LogP contribution in [-0.2, 0) is 6.54 Å². The fraction of sp³-hybridized carbons (Fsp3) is 0.267. The lowest BCUT2D eigenvalue weighted by atomic mass is 10.2. The number of pyridine rings is 1. The second-order valence-corrected chi connectivity index (χ2v) is 4.76. The topological polar surface area (TPSA) is 42.1 Å². The van der Waals surface area contributed by atoms with E-state index >= 15 is 0 Å². The van der Waals surface area contributed by atoms with Gasteiger partial charge in [0.25, 0.3) is 0 Å². The van der Waals surface area contributed by atoms with E-state index < -0.39 is 0 Å². The Morgan fingerprint density at radius 2 is 1.89 bits per heavy atom. The molecule has 3 nitrogen and oxygen atoms in total. The van der Waals surface area contributed by atoms with Gasteiger partial charge in [-0.2, -0.15) is 0 Å². The van der Waals surface area contributed by atoms with Crippen molar-refractivity contribution in [1.82, 2.24) is 4.98 Å². The maximum absolute atomic E-state index is 6.04. The monoisotopic (exact) mass is 239 g/mol. The van der Waals surface area contributed by atoms with Gasteiger partial charge in [0, 0.05) is 18.8 Å². The largest absolute Gasteiger partial charge is 0.396 e. The second-order valence-electron chi connectivity index (χ2n) is 4.76. The van der Waals surface area contributed by atoms with Crippen LogP contribution in [0.2, 0.25) is 0 Å². The van der Waals surface area contributed by atoms with Crippen LogP contribution in [0.25, 0.3) is 0 Å². The molecule has 1 saturated carbocycles. The molecule has 0 spiro atoms. The molecule has 1 heterocycles. The molecule has 2 N–H and O–H groups in total.